The normalized spacial score (nSPS) is 18.9. The Kier molecular flexibility index (Phi) is 60.4. The van der Waals surface area contributed by atoms with Crippen molar-refractivity contribution in [1.82, 2.24) is 0 Å². The summed E-state index contributed by atoms with van der Waals surface area (Å²) in [5.41, 5.74) is 1.44. The van der Waals surface area contributed by atoms with Gasteiger partial charge >= 0.3 is 132 Å². The van der Waals surface area contributed by atoms with Crippen LogP contribution in [-0.2, 0) is 170 Å². The van der Waals surface area contributed by atoms with Crippen LogP contribution < -0.4 is 115 Å². The van der Waals surface area contributed by atoms with E-state index in [9.17, 15) is 86.1 Å². The second-order valence-corrected chi connectivity index (χ2v) is 19.7. The summed E-state index contributed by atoms with van der Waals surface area (Å²) in [6, 6.07) is 4.50. The molecule has 1 aliphatic carbocycles. The van der Waals surface area contributed by atoms with Crippen LogP contribution in [0.15, 0.2) is 24.5 Å². The molecule has 0 aliphatic heterocycles. The molecule has 70 heavy (non-hydrogen) atoms. The number of phosphoric ester groups is 6. The quantitative estimate of drug-likeness (QED) is 0.0389. The Bertz CT molecular complexity index is 1550. The van der Waals surface area contributed by atoms with Crippen LogP contribution in [0.2, 0.25) is 0 Å². The number of nitrogens with zero attached hydrogens (tertiary/aromatic N) is 1. The third-order valence-electron chi connectivity index (χ3n) is 8.09. The van der Waals surface area contributed by atoms with Crippen molar-refractivity contribution in [3.63, 3.8) is 0 Å². The van der Waals surface area contributed by atoms with E-state index < -0.39 is 89.7 Å². The summed E-state index contributed by atoms with van der Waals surface area (Å²) in [6.07, 6.45) is -0.846. The van der Waals surface area contributed by atoms with Crippen molar-refractivity contribution in [3.8, 4) is 0 Å². The molecule has 6 radical (unpaired) electrons. The molecule has 0 saturated heterocycles. The van der Waals surface area contributed by atoms with E-state index in [1.54, 1.807) is 0 Å². The van der Waals surface area contributed by atoms with Gasteiger partial charge < -0.3 is 145 Å². The molecule has 0 bridgehead atoms. The number of unbranched alkanes of at least 4 members (excludes halogenated alkanes) is 11. The zero-order valence-electron chi connectivity index (χ0n) is 36.1. The average molecular weight is 1500 g/mol. The van der Waals surface area contributed by atoms with Crippen molar-refractivity contribution in [2.24, 2.45) is 0 Å². The monoisotopic (exact) mass is 1490 g/mol. The number of aromatic nitrogens is 1. The van der Waals surface area contributed by atoms with Gasteiger partial charge in [0.2, 0.25) is 6.16 Å². The van der Waals surface area contributed by atoms with E-state index in [1.165, 1.54) is 89.2 Å². The first-order valence-electron chi connectivity index (χ1n) is 18.3. The minimum Gasteiger partial charge on any atom is -1.00 e. The molecule has 0 amide bonds. The van der Waals surface area contributed by atoms with Crippen LogP contribution in [-0.4, -0.2) is 47.9 Å². The van der Waals surface area contributed by atoms with Gasteiger partial charge in [-0.1, -0.05) is 78.1 Å². The van der Waals surface area contributed by atoms with Crippen LogP contribution in [0.5, 0.6) is 0 Å². The molecule has 0 spiro atoms. The number of carbonyl (C=O) groups is 1. The van der Waals surface area contributed by atoms with E-state index in [0.29, 0.717) is 0 Å². The number of pyridine rings is 1. The minimum atomic E-state index is -6.68. The van der Waals surface area contributed by atoms with E-state index in [-0.39, 0.29) is 149 Å². The first-order chi connectivity index (χ1) is 28.2. The zero-order valence-corrected chi connectivity index (χ0v) is 50.7. The molecule has 1 fully saturated rings. The largest absolute Gasteiger partial charge is 2.00 e. The maximum atomic E-state index is 11.1. The summed E-state index contributed by atoms with van der Waals surface area (Å²) in [5, 5.41) is 15.3. The van der Waals surface area contributed by atoms with Gasteiger partial charge in [-0.05, 0) is 18.4 Å². The predicted molar refractivity (Wildman–Crippen MR) is 180 cm³/mol. The Morgan fingerprint density at radius 1 is 0.471 bits per heavy atom. The summed E-state index contributed by atoms with van der Waals surface area (Å²) in [6.45, 7) is 5.69. The van der Waals surface area contributed by atoms with E-state index in [0.717, 1.165) is 6.42 Å². The van der Waals surface area contributed by atoms with Crippen molar-refractivity contribution in [3.05, 3.63) is 30.1 Å². The molecular weight excluding hydrogens is 1450 g/mol. The van der Waals surface area contributed by atoms with Gasteiger partial charge in [-0.3, -0.25) is 0 Å². The second-order valence-electron chi connectivity index (χ2n) is 13.1. The molecule has 1 N–H and O–H groups in total. The number of hydrogen-bond donors (Lipinski definition) is 1. The Morgan fingerprint density at radius 3 is 0.829 bits per heavy atom. The molecule has 28 nitrogen and oxygen atoms in total. The van der Waals surface area contributed by atoms with Gasteiger partial charge in [-0.25, -0.2) is 4.57 Å². The molecule has 42 heteroatoms. The third-order valence-corrected chi connectivity index (χ3v) is 11.1. The minimum absolute atomic E-state index is 0. The number of phosphoric acid groups is 6. The summed E-state index contributed by atoms with van der Waals surface area (Å²) in [7, 11) is -40.1. The molecule has 428 valence electrons. The first-order valence-corrected chi connectivity index (χ1v) is 27.0. The fraction of sp³-hybridized carbons (Fsp3) is 0.786. The first kappa shape index (κ1) is 93.0. The van der Waals surface area contributed by atoms with Gasteiger partial charge in [0.1, 0.15) is 43.2 Å². The number of halogens is 1. The van der Waals surface area contributed by atoms with E-state index in [4.69, 9.17) is 15.0 Å². The van der Waals surface area contributed by atoms with Crippen molar-refractivity contribution >= 4 is 53.1 Å². The fourth-order valence-corrected chi connectivity index (χ4v) is 8.97. The second kappa shape index (κ2) is 45.4. The van der Waals surface area contributed by atoms with Crippen LogP contribution >= 0.6 is 46.9 Å². The van der Waals surface area contributed by atoms with Crippen LogP contribution in [0.4, 0.5) is 4.79 Å². The van der Waals surface area contributed by atoms with Crippen molar-refractivity contribution in [1.29, 1.82) is 0 Å². The Hall–Kier alpha value is 3.68. The van der Waals surface area contributed by atoms with Crippen LogP contribution in [0.25, 0.3) is 0 Å². The molecule has 1 heterocycles. The van der Waals surface area contributed by atoms with Gasteiger partial charge in [0.25, 0.3) is 0 Å². The molecule has 0 unspecified atom stereocenters. The summed E-state index contributed by atoms with van der Waals surface area (Å²) < 4.78 is 90.7. The van der Waals surface area contributed by atoms with E-state index >= 15 is 0 Å². The summed E-state index contributed by atoms with van der Waals surface area (Å²) in [5.74, 6) is 0. The van der Waals surface area contributed by atoms with Gasteiger partial charge in [0.15, 0.2) is 12.4 Å². The fourth-order valence-electron chi connectivity index (χ4n) is 5.74. The molecule has 1 aliphatic rings. The molecule has 2 rings (SSSR count). The van der Waals surface area contributed by atoms with Crippen molar-refractivity contribution < 1.29 is 282 Å². The predicted octanol–water partition coefficient (Wildman–Crippen LogP) is -11.6. The van der Waals surface area contributed by atoms with Crippen LogP contribution in [0.3, 0.4) is 0 Å². The Labute approximate surface area is 500 Å². The Morgan fingerprint density at radius 2 is 0.657 bits per heavy atom. The van der Waals surface area contributed by atoms with Crippen LogP contribution in [0.1, 0.15) is 96.5 Å². The number of carboxylic acid groups (broad SMARTS) is 2. The van der Waals surface area contributed by atoms with E-state index in [1.807, 2.05) is 0 Å². The van der Waals surface area contributed by atoms with Crippen LogP contribution in [0, 0.1) is 0 Å². The topological polar surface area (TPSA) is 499 Å². The molecule has 1 aromatic heterocycles. The standard InChI is InChI=1S/C21H38N.C6H18O24P6.CH2O3.BrH.6Cu.Na/c1-3-5-6-7-8-9-10-11-12-13-14-15-18-22-19-16-21(4-2)17-20-22;7-31(8,9)25-1-2(26-32(10,11)12)4(28-34(16,17)18)6(30-36(22,23)24)5(29-35(19,20)21)3(1)27-33(13,14)15;2-1(3)4;;;;;;;;/h16-17,19-20H,3-15,18H2,1-2H3;1-6H,(H2,7,8,9)(H2,10,11,12)(H2,13,14,15)(H2,16,17,18)(H2,19,20,21)(H2,22,23,24);(H2,2,3,4);1H;;;;;;;/q+1;;;;6*+2;+1/p-14. The van der Waals surface area contributed by atoms with Gasteiger partial charge in [0, 0.05) is 18.6 Å². The van der Waals surface area contributed by atoms with Gasteiger partial charge in [-0.15, -0.1) is 0 Å². The Balaban J connectivity index is -0.000000136. The number of rotatable bonds is 26. The van der Waals surface area contributed by atoms with Crippen molar-refractivity contribution in [2.75, 3.05) is 0 Å². The molecule has 0 atom stereocenters. The molecule has 1 aromatic rings. The molecular formula is C28H45BrCu6NNaO27P6. The average Bonchev–Trinajstić information content (AvgIpc) is 3.07. The van der Waals surface area contributed by atoms with Crippen molar-refractivity contribution in [2.45, 2.75) is 140 Å². The SMILES string of the molecule is CCCCCCCCCCCCCC[n+]1ccc(CC)cc1.O=C([O-])O.O=P([O-])([O-])OC1C(OP(=O)([O-])[O-])C(OP(=O)([O-])[O-])C(OP(=O)([O-])[O-])C(OP(=O)([O-])[O-])C1OP(=O)([O-])[O-].[Br-].[Cu+2].[Cu+2].[Cu+2].[Cu+2].[Cu+2].[Cu+2].[Na+]. The molecule has 0 aromatic carbocycles. The summed E-state index contributed by atoms with van der Waals surface area (Å²) in [4.78, 5) is 142. The third kappa shape index (κ3) is 51.1. The van der Waals surface area contributed by atoms with Gasteiger partial charge in [0.05, 0.1) is 46.9 Å². The maximum absolute atomic E-state index is 11.1. The van der Waals surface area contributed by atoms with E-state index in [2.05, 4.69) is 70.1 Å². The van der Waals surface area contributed by atoms with Gasteiger partial charge in [-0.2, -0.15) is 0 Å². The molecule has 1 saturated carbocycles. The maximum Gasteiger partial charge on any atom is 2.00 e. The summed E-state index contributed by atoms with van der Waals surface area (Å²) >= 11 is 0. The smallest absolute Gasteiger partial charge is 1.00 e. The number of aryl methyl sites for hydroxylation is 2. The zero-order chi connectivity index (χ0) is 48.2. The number of hydrogen-bond acceptors (Lipinski definition) is 26.